The topological polar surface area (TPSA) is 33.1 Å². The van der Waals surface area contributed by atoms with Gasteiger partial charge in [-0.25, -0.2) is 0 Å². The van der Waals surface area contributed by atoms with Crippen LogP contribution >= 0.6 is 0 Å². The zero-order valence-electron chi connectivity index (χ0n) is 13.5. The van der Waals surface area contributed by atoms with Crippen molar-refractivity contribution in [3.05, 3.63) is 29.6 Å². The van der Waals surface area contributed by atoms with Crippen molar-refractivity contribution in [2.45, 2.75) is 65.4 Å². The maximum atomic E-state index is 11.2. The summed E-state index contributed by atoms with van der Waals surface area (Å²) >= 11 is 0. The van der Waals surface area contributed by atoms with Gasteiger partial charge < -0.3 is 5.11 Å². The highest BCUT2D eigenvalue weighted by atomic mass is 16.3. The molecule has 114 valence electrons. The van der Waals surface area contributed by atoms with Crippen molar-refractivity contribution in [2.24, 2.45) is 22.2 Å². The summed E-state index contributed by atoms with van der Waals surface area (Å²) < 4.78 is 0. The molecule has 1 N–H and O–H groups in total. The number of hydrogen-bond donors (Lipinski definition) is 1. The van der Waals surface area contributed by atoms with E-state index in [2.05, 4.69) is 31.8 Å². The molecule has 4 bridgehead atoms. The van der Waals surface area contributed by atoms with Crippen LogP contribution in [0.3, 0.4) is 0 Å². The predicted molar refractivity (Wildman–Crippen MR) is 83.8 cm³/mol. The molecule has 21 heavy (non-hydrogen) atoms. The van der Waals surface area contributed by atoms with Gasteiger partial charge in [0.05, 0.1) is 6.10 Å². The molecule has 4 aliphatic carbocycles. The molecule has 3 unspecified atom stereocenters. The molecule has 1 aromatic heterocycles. The van der Waals surface area contributed by atoms with Crippen LogP contribution in [0.15, 0.2) is 18.5 Å². The molecule has 3 atom stereocenters. The smallest absolute Gasteiger partial charge is 0.0861 e. The molecule has 1 aromatic rings. The highest BCUT2D eigenvalue weighted by molar-refractivity contribution is 5.24. The van der Waals surface area contributed by atoms with Crippen LogP contribution in [-0.2, 0) is 0 Å². The molecule has 0 aliphatic heterocycles. The fourth-order valence-corrected chi connectivity index (χ4v) is 6.92. The van der Waals surface area contributed by atoms with Gasteiger partial charge in [0, 0.05) is 17.8 Å². The minimum absolute atomic E-state index is 0.0956. The molecule has 0 saturated heterocycles. The molecule has 2 nitrogen and oxygen atoms in total. The second kappa shape index (κ2) is 4.10. The number of aryl methyl sites for hydroxylation is 1. The Hall–Kier alpha value is -0.890. The van der Waals surface area contributed by atoms with Crippen LogP contribution in [0.5, 0.6) is 0 Å². The first-order chi connectivity index (χ1) is 9.82. The Morgan fingerprint density at radius 3 is 2.33 bits per heavy atom. The fourth-order valence-electron chi connectivity index (χ4n) is 6.92. The van der Waals surface area contributed by atoms with Crippen molar-refractivity contribution >= 4 is 0 Å². The molecule has 1 heterocycles. The van der Waals surface area contributed by atoms with E-state index in [9.17, 15) is 5.11 Å². The maximum Gasteiger partial charge on any atom is 0.0861 e. The lowest BCUT2D eigenvalue weighted by Crippen LogP contribution is -2.56. The molecule has 5 rings (SSSR count). The molecule has 2 heteroatoms. The summed E-state index contributed by atoms with van der Waals surface area (Å²) in [6.45, 7) is 6.99. The molecule has 0 spiro atoms. The van der Waals surface area contributed by atoms with E-state index in [0.29, 0.717) is 10.8 Å². The number of aliphatic hydroxyl groups excluding tert-OH is 1. The van der Waals surface area contributed by atoms with E-state index in [-0.39, 0.29) is 11.5 Å². The van der Waals surface area contributed by atoms with Gasteiger partial charge in [-0.2, -0.15) is 0 Å². The van der Waals surface area contributed by atoms with Gasteiger partial charge in [0.25, 0.3) is 0 Å². The SMILES string of the molecule is Cc1cncc(C(O)C23CC4CC(C)(CC(C)(C4)C2)C3)c1. The molecule has 0 radical (unpaired) electrons. The van der Waals surface area contributed by atoms with Gasteiger partial charge in [0.2, 0.25) is 0 Å². The molecule has 4 aliphatic rings. The van der Waals surface area contributed by atoms with Gasteiger partial charge in [-0.1, -0.05) is 19.9 Å². The third-order valence-corrected chi connectivity index (χ3v) is 6.46. The van der Waals surface area contributed by atoms with Crippen LogP contribution in [0, 0.1) is 29.1 Å². The molecule has 4 saturated carbocycles. The summed E-state index contributed by atoms with van der Waals surface area (Å²) in [5.41, 5.74) is 3.18. The Morgan fingerprint density at radius 2 is 1.76 bits per heavy atom. The van der Waals surface area contributed by atoms with Crippen LogP contribution in [-0.4, -0.2) is 10.1 Å². The summed E-state index contributed by atoms with van der Waals surface area (Å²) in [7, 11) is 0. The van der Waals surface area contributed by atoms with Gasteiger partial charge in [0.15, 0.2) is 0 Å². The van der Waals surface area contributed by atoms with E-state index in [1.807, 2.05) is 12.4 Å². The van der Waals surface area contributed by atoms with Crippen LogP contribution in [0.25, 0.3) is 0 Å². The van der Waals surface area contributed by atoms with Crippen molar-refractivity contribution in [3.63, 3.8) is 0 Å². The number of pyridine rings is 1. The average molecular weight is 285 g/mol. The Balaban J connectivity index is 1.74. The van der Waals surface area contributed by atoms with Crippen molar-refractivity contribution in [1.29, 1.82) is 0 Å². The third-order valence-electron chi connectivity index (χ3n) is 6.46. The lowest BCUT2D eigenvalue weighted by molar-refractivity contribution is -0.187. The molecule has 4 fully saturated rings. The monoisotopic (exact) mass is 285 g/mol. The Labute approximate surface area is 128 Å². The largest absolute Gasteiger partial charge is 0.388 e. The third kappa shape index (κ3) is 2.06. The zero-order chi connectivity index (χ0) is 14.9. The summed E-state index contributed by atoms with van der Waals surface area (Å²) in [6, 6.07) is 2.13. The van der Waals surface area contributed by atoms with Crippen LogP contribution in [0.4, 0.5) is 0 Å². The number of nitrogens with zero attached hydrogens (tertiary/aromatic N) is 1. The van der Waals surface area contributed by atoms with Gasteiger partial charge in [0.1, 0.15) is 0 Å². The van der Waals surface area contributed by atoms with Gasteiger partial charge >= 0.3 is 0 Å². The number of aromatic nitrogens is 1. The van der Waals surface area contributed by atoms with Crippen molar-refractivity contribution < 1.29 is 5.11 Å². The summed E-state index contributed by atoms with van der Waals surface area (Å²) in [5, 5.41) is 11.2. The van der Waals surface area contributed by atoms with Gasteiger partial charge in [-0.05, 0) is 73.3 Å². The first kappa shape index (κ1) is 13.8. The standard InChI is InChI=1S/C19H27NO/c1-13-4-15(9-20-8-13)16(21)19-7-14-5-17(2,11-19)10-18(3,6-14)12-19/h4,8-9,14,16,21H,5-7,10-12H2,1-3H3. The van der Waals surface area contributed by atoms with Crippen LogP contribution in [0.2, 0.25) is 0 Å². The van der Waals surface area contributed by atoms with E-state index in [1.54, 1.807) is 0 Å². The van der Waals surface area contributed by atoms with Crippen molar-refractivity contribution in [3.8, 4) is 0 Å². The summed E-state index contributed by atoms with van der Waals surface area (Å²) in [4.78, 5) is 4.31. The Kier molecular flexibility index (Phi) is 2.68. The van der Waals surface area contributed by atoms with Gasteiger partial charge in [-0.15, -0.1) is 0 Å². The number of hydrogen-bond acceptors (Lipinski definition) is 2. The molecule has 0 aromatic carbocycles. The minimum atomic E-state index is -0.341. The van der Waals surface area contributed by atoms with E-state index in [0.717, 1.165) is 17.0 Å². The first-order valence-electron chi connectivity index (χ1n) is 8.41. The van der Waals surface area contributed by atoms with E-state index >= 15 is 0 Å². The lowest BCUT2D eigenvalue weighted by atomic mass is 9.39. The van der Waals surface area contributed by atoms with E-state index in [4.69, 9.17) is 0 Å². The number of aliphatic hydroxyl groups is 1. The van der Waals surface area contributed by atoms with Crippen molar-refractivity contribution in [2.75, 3.05) is 0 Å². The molecular weight excluding hydrogens is 258 g/mol. The van der Waals surface area contributed by atoms with E-state index < -0.39 is 0 Å². The lowest BCUT2D eigenvalue weighted by Gasteiger charge is -2.66. The summed E-state index contributed by atoms with van der Waals surface area (Å²) in [5.74, 6) is 0.823. The number of rotatable bonds is 2. The second-order valence-electron chi connectivity index (χ2n) is 9.19. The summed E-state index contributed by atoms with van der Waals surface area (Å²) in [6.07, 6.45) is 11.1. The zero-order valence-corrected chi connectivity index (χ0v) is 13.5. The second-order valence-corrected chi connectivity index (χ2v) is 9.19. The Morgan fingerprint density at radius 1 is 1.10 bits per heavy atom. The van der Waals surface area contributed by atoms with Crippen LogP contribution < -0.4 is 0 Å². The highest BCUT2D eigenvalue weighted by Gasteiger charge is 2.62. The van der Waals surface area contributed by atoms with Crippen molar-refractivity contribution in [1.82, 2.24) is 4.98 Å². The fraction of sp³-hybridized carbons (Fsp3) is 0.737. The quantitative estimate of drug-likeness (QED) is 0.872. The Bertz CT molecular complexity index is 563. The average Bonchev–Trinajstić information content (AvgIpc) is 2.33. The van der Waals surface area contributed by atoms with Crippen LogP contribution in [0.1, 0.15) is 69.6 Å². The maximum absolute atomic E-state index is 11.2. The normalized spacial score (nSPS) is 45.8. The highest BCUT2D eigenvalue weighted by Crippen LogP contribution is 2.72. The predicted octanol–water partition coefficient (Wildman–Crippen LogP) is 4.42. The first-order valence-corrected chi connectivity index (χ1v) is 8.41. The van der Waals surface area contributed by atoms with E-state index in [1.165, 1.54) is 38.5 Å². The van der Waals surface area contributed by atoms with Gasteiger partial charge in [-0.3, -0.25) is 4.98 Å². The molecule has 0 amide bonds. The minimum Gasteiger partial charge on any atom is -0.388 e. The molecular formula is C19H27NO.